The second-order valence-electron chi connectivity index (χ2n) is 4.52. The lowest BCUT2D eigenvalue weighted by Crippen LogP contribution is -2.34. The summed E-state index contributed by atoms with van der Waals surface area (Å²) in [5.41, 5.74) is 1.75. The summed E-state index contributed by atoms with van der Waals surface area (Å²) in [6.07, 6.45) is 5.26. The van der Waals surface area contributed by atoms with Crippen LogP contribution in [0.2, 0.25) is 0 Å². The number of nitrogens with one attached hydrogen (secondary N) is 1. The third kappa shape index (κ3) is 3.64. The van der Waals surface area contributed by atoms with Gasteiger partial charge in [0.05, 0.1) is 25.3 Å². The average molecular weight is 274 g/mol. The summed E-state index contributed by atoms with van der Waals surface area (Å²) in [5, 5.41) is 9.09. The van der Waals surface area contributed by atoms with Crippen LogP contribution in [0.1, 0.15) is 17.1 Å². The van der Waals surface area contributed by atoms with E-state index in [1.807, 2.05) is 19.1 Å². The van der Waals surface area contributed by atoms with Crippen molar-refractivity contribution < 1.29 is 9.90 Å². The fourth-order valence-electron chi connectivity index (χ4n) is 1.94. The van der Waals surface area contributed by atoms with E-state index in [-0.39, 0.29) is 25.5 Å². The van der Waals surface area contributed by atoms with Crippen molar-refractivity contribution >= 4 is 5.91 Å². The fourth-order valence-corrected chi connectivity index (χ4v) is 1.94. The smallest absolute Gasteiger partial charge is 0.229 e. The molecule has 0 spiro atoms. The van der Waals surface area contributed by atoms with Gasteiger partial charge in [-0.1, -0.05) is 6.07 Å². The van der Waals surface area contributed by atoms with Crippen molar-refractivity contribution in [3.63, 3.8) is 0 Å². The third-order valence-corrected chi connectivity index (χ3v) is 3.05. The number of hydrogen-bond acceptors (Lipinski definition) is 4. The number of aliphatic hydroxyl groups is 1. The Hall–Kier alpha value is -2.21. The lowest BCUT2D eigenvalue weighted by molar-refractivity contribution is -0.131. The molecule has 6 heteroatoms. The first-order chi connectivity index (χ1) is 9.70. The molecule has 2 N–H and O–H groups in total. The van der Waals surface area contributed by atoms with E-state index < -0.39 is 0 Å². The number of rotatable bonds is 6. The Kier molecular flexibility index (Phi) is 4.84. The van der Waals surface area contributed by atoms with Crippen LogP contribution < -0.4 is 0 Å². The van der Waals surface area contributed by atoms with Crippen molar-refractivity contribution in [1.82, 2.24) is 19.9 Å². The Labute approximate surface area is 117 Å². The molecule has 1 amide bonds. The summed E-state index contributed by atoms with van der Waals surface area (Å²) in [7, 11) is 0. The highest BCUT2D eigenvalue weighted by atomic mass is 16.3. The zero-order chi connectivity index (χ0) is 14.4. The molecule has 0 saturated heterocycles. The Bertz CT molecular complexity index is 554. The minimum atomic E-state index is -0.0757. The van der Waals surface area contributed by atoms with Crippen molar-refractivity contribution in [2.45, 2.75) is 19.9 Å². The number of carbonyl (C=O) groups is 1. The van der Waals surface area contributed by atoms with Crippen LogP contribution >= 0.6 is 0 Å². The number of aromatic nitrogens is 3. The first kappa shape index (κ1) is 14.2. The maximum Gasteiger partial charge on any atom is 0.229 e. The Morgan fingerprint density at radius 1 is 1.40 bits per heavy atom. The standard InChI is InChI=1S/C14H18N4O2/c1-11-3-2-4-15-12(11)9-14(20)18(7-8-19)10-13-16-5-6-17-13/h2-6,19H,7-10H2,1H3,(H,16,17). The van der Waals surface area contributed by atoms with E-state index in [2.05, 4.69) is 15.0 Å². The molecule has 106 valence electrons. The average Bonchev–Trinajstić information content (AvgIpc) is 2.94. The van der Waals surface area contributed by atoms with Crippen molar-refractivity contribution in [2.24, 2.45) is 0 Å². The summed E-state index contributed by atoms with van der Waals surface area (Å²) in [4.78, 5) is 25.2. The second-order valence-corrected chi connectivity index (χ2v) is 4.52. The van der Waals surface area contributed by atoms with Gasteiger partial charge in [-0.05, 0) is 18.6 Å². The normalized spacial score (nSPS) is 10.5. The van der Waals surface area contributed by atoms with Crippen molar-refractivity contribution in [2.75, 3.05) is 13.2 Å². The number of aliphatic hydroxyl groups excluding tert-OH is 1. The fraction of sp³-hybridized carbons (Fsp3) is 0.357. The Morgan fingerprint density at radius 2 is 2.25 bits per heavy atom. The van der Waals surface area contributed by atoms with Crippen LogP contribution in [-0.2, 0) is 17.8 Å². The van der Waals surface area contributed by atoms with E-state index >= 15 is 0 Å². The van der Waals surface area contributed by atoms with E-state index in [1.54, 1.807) is 23.5 Å². The molecule has 0 fully saturated rings. The van der Waals surface area contributed by atoms with Crippen molar-refractivity contribution in [3.05, 3.63) is 47.8 Å². The molecule has 0 saturated carbocycles. The summed E-state index contributed by atoms with van der Waals surface area (Å²) in [5.74, 6) is 0.627. The number of nitrogens with zero attached hydrogens (tertiary/aromatic N) is 3. The lowest BCUT2D eigenvalue weighted by Gasteiger charge is -2.20. The third-order valence-electron chi connectivity index (χ3n) is 3.05. The van der Waals surface area contributed by atoms with Crippen molar-refractivity contribution in [1.29, 1.82) is 0 Å². The molecule has 2 heterocycles. The molecule has 0 radical (unpaired) electrons. The number of hydrogen-bond donors (Lipinski definition) is 2. The van der Waals surface area contributed by atoms with Crippen LogP contribution in [-0.4, -0.2) is 44.0 Å². The highest BCUT2D eigenvalue weighted by Crippen LogP contribution is 2.07. The van der Waals surface area contributed by atoms with Crippen LogP contribution in [0.25, 0.3) is 0 Å². The molecule has 0 aliphatic heterocycles. The predicted molar refractivity (Wildman–Crippen MR) is 73.8 cm³/mol. The van der Waals surface area contributed by atoms with Gasteiger partial charge in [-0.2, -0.15) is 0 Å². The van der Waals surface area contributed by atoms with Gasteiger partial charge in [0.25, 0.3) is 0 Å². The largest absolute Gasteiger partial charge is 0.395 e. The summed E-state index contributed by atoms with van der Waals surface area (Å²) >= 11 is 0. The van der Waals surface area contributed by atoms with Gasteiger partial charge in [0.15, 0.2) is 0 Å². The molecule has 2 aromatic heterocycles. The first-order valence-corrected chi connectivity index (χ1v) is 6.48. The second kappa shape index (κ2) is 6.81. The summed E-state index contributed by atoms with van der Waals surface area (Å²) in [6.45, 7) is 2.50. The lowest BCUT2D eigenvalue weighted by atomic mass is 10.1. The molecule has 6 nitrogen and oxygen atoms in total. The molecule has 2 aromatic rings. The van der Waals surface area contributed by atoms with Gasteiger partial charge >= 0.3 is 0 Å². The van der Waals surface area contributed by atoms with E-state index in [0.717, 1.165) is 11.3 Å². The van der Waals surface area contributed by atoms with Crippen molar-refractivity contribution in [3.8, 4) is 0 Å². The van der Waals surface area contributed by atoms with Gasteiger partial charge in [-0.15, -0.1) is 0 Å². The number of carbonyl (C=O) groups excluding carboxylic acids is 1. The monoisotopic (exact) mass is 274 g/mol. The van der Waals surface area contributed by atoms with Crippen LogP contribution in [0.5, 0.6) is 0 Å². The minimum Gasteiger partial charge on any atom is -0.395 e. The Morgan fingerprint density at radius 3 is 2.90 bits per heavy atom. The predicted octanol–water partition coefficient (Wildman–Crippen LogP) is 0.677. The topological polar surface area (TPSA) is 82.1 Å². The molecular weight excluding hydrogens is 256 g/mol. The SMILES string of the molecule is Cc1cccnc1CC(=O)N(CCO)Cc1ncc[nH]1. The summed E-state index contributed by atoms with van der Waals surface area (Å²) < 4.78 is 0. The molecule has 0 unspecified atom stereocenters. The van der Waals surface area contributed by atoms with Gasteiger partial charge < -0.3 is 15.0 Å². The number of amides is 1. The number of aryl methyl sites for hydroxylation is 1. The maximum atomic E-state index is 12.3. The van der Waals surface area contributed by atoms with E-state index in [9.17, 15) is 4.79 Å². The van der Waals surface area contributed by atoms with Crippen LogP contribution in [0, 0.1) is 6.92 Å². The van der Waals surface area contributed by atoms with Gasteiger partial charge in [0.1, 0.15) is 5.82 Å². The summed E-state index contributed by atoms with van der Waals surface area (Å²) in [6, 6.07) is 3.77. The molecule has 0 aliphatic rings. The molecule has 0 bridgehead atoms. The molecule has 0 aromatic carbocycles. The van der Waals surface area contributed by atoms with Crippen LogP contribution in [0.3, 0.4) is 0 Å². The van der Waals surface area contributed by atoms with Crippen LogP contribution in [0.15, 0.2) is 30.7 Å². The quantitative estimate of drug-likeness (QED) is 0.811. The first-order valence-electron chi connectivity index (χ1n) is 6.48. The number of pyridine rings is 1. The zero-order valence-corrected chi connectivity index (χ0v) is 11.4. The van der Waals surface area contributed by atoms with E-state index in [4.69, 9.17) is 5.11 Å². The maximum absolute atomic E-state index is 12.3. The van der Waals surface area contributed by atoms with E-state index in [1.165, 1.54) is 0 Å². The van der Waals surface area contributed by atoms with E-state index in [0.29, 0.717) is 12.4 Å². The minimum absolute atomic E-state index is 0.0720. The molecule has 0 aliphatic carbocycles. The van der Waals surface area contributed by atoms with Gasteiger partial charge in [0, 0.05) is 25.1 Å². The highest BCUT2D eigenvalue weighted by Gasteiger charge is 2.16. The number of imidazole rings is 1. The zero-order valence-electron chi connectivity index (χ0n) is 11.4. The molecule has 0 atom stereocenters. The van der Waals surface area contributed by atoms with Gasteiger partial charge in [0.2, 0.25) is 5.91 Å². The molecule has 2 rings (SSSR count). The Balaban J connectivity index is 2.05. The number of aromatic amines is 1. The van der Waals surface area contributed by atoms with Gasteiger partial charge in [-0.25, -0.2) is 4.98 Å². The molecular formula is C14H18N4O2. The molecule has 20 heavy (non-hydrogen) atoms. The van der Waals surface area contributed by atoms with Gasteiger partial charge in [-0.3, -0.25) is 9.78 Å². The number of H-pyrrole nitrogens is 1. The highest BCUT2D eigenvalue weighted by molar-refractivity contribution is 5.78. The van der Waals surface area contributed by atoms with Crippen LogP contribution in [0.4, 0.5) is 0 Å².